The minimum atomic E-state index is -0.124. The van der Waals surface area contributed by atoms with Crippen LogP contribution in [0.4, 0.5) is 5.69 Å². The van der Waals surface area contributed by atoms with Crippen LogP contribution in [0.15, 0.2) is 0 Å². The van der Waals surface area contributed by atoms with Crippen molar-refractivity contribution >= 4 is 17.5 Å². The third-order valence-electron chi connectivity index (χ3n) is 3.59. The number of amides is 2. The van der Waals surface area contributed by atoms with E-state index in [2.05, 4.69) is 10.4 Å². The van der Waals surface area contributed by atoms with Crippen LogP contribution in [-0.4, -0.2) is 45.6 Å². The predicted molar refractivity (Wildman–Crippen MR) is 75.1 cm³/mol. The molecule has 0 bridgehead atoms. The first-order valence-corrected chi connectivity index (χ1v) is 6.75. The molecule has 0 radical (unpaired) electrons. The maximum absolute atomic E-state index is 12.6. The van der Waals surface area contributed by atoms with Crippen molar-refractivity contribution in [3.63, 3.8) is 0 Å². The molecule has 110 valence electrons. The summed E-state index contributed by atoms with van der Waals surface area (Å²) in [6.45, 7) is 4.46. The van der Waals surface area contributed by atoms with Gasteiger partial charge in [0.15, 0.2) is 0 Å². The first-order chi connectivity index (χ1) is 9.40. The molecule has 0 spiro atoms. The van der Waals surface area contributed by atoms with E-state index >= 15 is 0 Å². The highest BCUT2D eigenvalue weighted by atomic mass is 16.2. The zero-order valence-electron chi connectivity index (χ0n) is 12.1. The summed E-state index contributed by atoms with van der Waals surface area (Å²) in [7, 11) is 1.71. The summed E-state index contributed by atoms with van der Waals surface area (Å²) in [4.78, 5) is 25.4. The third-order valence-corrected chi connectivity index (χ3v) is 3.59. The fraction of sp³-hybridized carbons (Fsp3) is 0.615. The van der Waals surface area contributed by atoms with Crippen LogP contribution in [-0.2, 0) is 11.8 Å². The van der Waals surface area contributed by atoms with Gasteiger partial charge in [0.2, 0.25) is 5.91 Å². The second-order valence-corrected chi connectivity index (χ2v) is 5.26. The molecule has 1 saturated heterocycles. The Bertz CT molecular complexity index is 537. The molecule has 1 fully saturated rings. The second kappa shape index (κ2) is 5.52. The van der Waals surface area contributed by atoms with Gasteiger partial charge in [-0.2, -0.15) is 5.10 Å². The number of anilines is 1. The van der Waals surface area contributed by atoms with Crippen LogP contribution in [0.1, 0.15) is 35.9 Å². The van der Waals surface area contributed by atoms with E-state index in [1.54, 1.807) is 18.9 Å². The van der Waals surface area contributed by atoms with Crippen LogP contribution in [0.5, 0.6) is 0 Å². The van der Waals surface area contributed by atoms with Gasteiger partial charge in [0.25, 0.3) is 5.91 Å². The number of nitrogens with one attached hydrogen (secondary N) is 1. The summed E-state index contributed by atoms with van der Waals surface area (Å²) in [6.07, 6.45) is 1.76. The van der Waals surface area contributed by atoms with Crippen LogP contribution in [0.25, 0.3) is 0 Å². The highest BCUT2D eigenvalue weighted by Gasteiger charge is 2.28. The van der Waals surface area contributed by atoms with E-state index in [0.717, 1.165) is 12.8 Å². The summed E-state index contributed by atoms with van der Waals surface area (Å²) in [5.74, 6) is -0.194. The molecule has 1 unspecified atom stereocenters. The molecule has 1 aromatic heterocycles. The van der Waals surface area contributed by atoms with Crippen molar-refractivity contribution in [3.8, 4) is 0 Å². The number of piperidine rings is 1. The lowest BCUT2D eigenvalue weighted by Crippen LogP contribution is -2.49. The van der Waals surface area contributed by atoms with E-state index in [1.165, 1.54) is 11.6 Å². The quantitative estimate of drug-likeness (QED) is 0.800. The first-order valence-electron chi connectivity index (χ1n) is 6.75. The third kappa shape index (κ3) is 2.76. The Labute approximate surface area is 118 Å². The summed E-state index contributed by atoms with van der Waals surface area (Å²) in [5, 5.41) is 7.03. The number of likely N-dealkylation sites (tertiary alicyclic amines) is 1. The van der Waals surface area contributed by atoms with Gasteiger partial charge in [-0.05, 0) is 19.8 Å². The van der Waals surface area contributed by atoms with Crippen molar-refractivity contribution in [2.45, 2.75) is 32.7 Å². The average Bonchev–Trinajstić information content (AvgIpc) is 2.62. The smallest absolute Gasteiger partial charge is 0.274 e. The first kappa shape index (κ1) is 14.4. The van der Waals surface area contributed by atoms with Gasteiger partial charge in [0.1, 0.15) is 5.69 Å². The number of carbonyl (C=O) groups excluding carboxylic acids is 2. The molecule has 0 aromatic carbocycles. The SMILES string of the molecule is CC(=O)NC1CCCN(C(=O)c2c(N)c(C)nn2C)C1. The van der Waals surface area contributed by atoms with Crippen LogP contribution in [0.2, 0.25) is 0 Å². The number of nitrogens with zero attached hydrogens (tertiary/aromatic N) is 3. The monoisotopic (exact) mass is 279 g/mol. The molecule has 2 rings (SSSR count). The van der Waals surface area contributed by atoms with Crippen LogP contribution in [0.3, 0.4) is 0 Å². The number of hydrogen-bond donors (Lipinski definition) is 2. The van der Waals surface area contributed by atoms with E-state index in [-0.39, 0.29) is 17.9 Å². The lowest BCUT2D eigenvalue weighted by atomic mass is 10.1. The van der Waals surface area contributed by atoms with E-state index < -0.39 is 0 Å². The van der Waals surface area contributed by atoms with Crippen molar-refractivity contribution in [2.24, 2.45) is 7.05 Å². The van der Waals surface area contributed by atoms with Gasteiger partial charge in [0.05, 0.1) is 11.4 Å². The predicted octanol–water partition coefficient (Wildman–Crippen LogP) is 0.0514. The number of rotatable bonds is 2. The molecule has 3 N–H and O–H groups in total. The van der Waals surface area contributed by atoms with Crippen molar-refractivity contribution < 1.29 is 9.59 Å². The van der Waals surface area contributed by atoms with Gasteiger partial charge >= 0.3 is 0 Å². The zero-order chi connectivity index (χ0) is 14.9. The van der Waals surface area contributed by atoms with Gasteiger partial charge < -0.3 is 16.0 Å². The Hall–Kier alpha value is -2.05. The van der Waals surface area contributed by atoms with Crippen molar-refractivity contribution in [1.29, 1.82) is 0 Å². The van der Waals surface area contributed by atoms with Crippen LogP contribution in [0, 0.1) is 6.92 Å². The van der Waals surface area contributed by atoms with E-state index in [4.69, 9.17) is 5.73 Å². The van der Waals surface area contributed by atoms with Crippen LogP contribution < -0.4 is 11.1 Å². The minimum Gasteiger partial charge on any atom is -0.395 e. The van der Waals surface area contributed by atoms with Gasteiger partial charge in [-0.3, -0.25) is 14.3 Å². The van der Waals surface area contributed by atoms with E-state index in [0.29, 0.717) is 30.2 Å². The van der Waals surface area contributed by atoms with Crippen LogP contribution >= 0.6 is 0 Å². The summed E-state index contributed by atoms with van der Waals surface area (Å²) < 4.78 is 1.52. The minimum absolute atomic E-state index is 0.0146. The number of nitrogen functional groups attached to an aromatic ring is 1. The fourth-order valence-electron chi connectivity index (χ4n) is 2.64. The standard InChI is InChI=1S/C13H21N5O2/c1-8-11(14)12(17(3)16-8)13(20)18-6-4-5-10(7-18)15-9(2)19/h10H,4-7,14H2,1-3H3,(H,15,19). The number of carbonyl (C=O) groups is 2. The maximum atomic E-state index is 12.6. The molecule has 1 aromatic rings. The Balaban J connectivity index is 2.14. The number of nitrogens with two attached hydrogens (primary N) is 1. The van der Waals surface area contributed by atoms with Gasteiger partial charge in [-0.15, -0.1) is 0 Å². The molecule has 0 saturated carbocycles. The largest absolute Gasteiger partial charge is 0.395 e. The molecule has 1 aliphatic heterocycles. The van der Waals surface area contributed by atoms with E-state index in [1.807, 2.05) is 0 Å². The van der Waals surface area contributed by atoms with Gasteiger partial charge in [-0.1, -0.05) is 0 Å². The van der Waals surface area contributed by atoms with Crippen molar-refractivity contribution in [1.82, 2.24) is 20.0 Å². The Morgan fingerprint density at radius 3 is 2.70 bits per heavy atom. The summed E-state index contributed by atoms with van der Waals surface area (Å²) in [6, 6.07) is 0.0146. The molecule has 0 aliphatic carbocycles. The molecular weight excluding hydrogens is 258 g/mol. The zero-order valence-corrected chi connectivity index (χ0v) is 12.1. The number of hydrogen-bond acceptors (Lipinski definition) is 4. The number of aromatic nitrogens is 2. The summed E-state index contributed by atoms with van der Waals surface area (Å²) in [5.41, 5.74) is 7.44. The molecule has 1 atom stereocenters. The normalized spacial score (nSPS) is 18.9. The topological polar surface area (TPSA) is 93.2 Å². The lowest BCUT2D eigenvalue weighted by Gasteiger charge is -2.33. The Morgan fingerprint density at radius 2 is 2.15 bits per heavy atom. The fourth-order valence-corrected chi connectivity index (χ4v) is 2.64. The van der Waals surface area contributed by atoms with Crippen molar-refractivity contribution in [2.75, 3.05) is 18.8 Å². The molecular formula is C13H21N5O2. The van der Waals surface area contributed by atoms with Crippen molar-refractivity contribution in [3.05, 3.63) is 11.4 Å². The molecule has 1 aliphatic rings. The van der Waals surface area contributed by atoms with Gasteiger partial charge in [-0.25, -0.2) is 0 Å². The maximum Gasteiger partial charge on any atom is 0.274 e. The molecule has 7 nitrogen and oxygen atoms in total. The second-order valence-electron chi connectivity index (χ2n) is 5.26. The number of aryl methyl sites for hydroxylation is 2. The molecule has 20 heavy (non-hydrogen) atoms. The highest BCUT2D eigenvalue weighted by molar-refractivity contribution is 5.98. The molecule has 2 heterocycles. The Kier molecular flexibility index (Phi) is 3.96. The summed E-state index contributed by atoms with van der Waals surface area (Å²) >= 11 is 0. The Morgan fingerprint density at radius 1 is 1.45 bits per heavy atom. The highest BCUT2D eigenvalue weighted by Crippen LogP contribution is 2.20. The molecule has 7 heteroatoms. The molecule has 2 amide bonds. The van der Waals surface area contributed by atoms with E-state index in [9.17, 15) is 9.59 Å². The average molecular weight is 279 g/mol. The van der Waals surface area contributed by atoms with Gasteiger partial charge in [0, 0.05) is 33.1 Å². The lowest BCUT2D eigenvalue weighted by molar-refractivity contribution is -0.120.